The van der Waals surface area contributed by atoms with Crippen LogP contribution in [0.4, 0.5) is 16.2 Å². The molecule has 1 aliphatic heterocycles. The summed E-state index contributed by atoms with van der Waals surface area (Å²) in [5.41, 5.74) is 2.03. The van der Waals surface area contributed by atoms with Crippen molar-refractivity contribution in [2.75, 3.05) is 10.2 Å². The molecule has 0 saturated carbocycles. The number of nitrogens with zero attached hydrogens (tertiary/aromatic N) is 2. The summed E-state index contributed by atoms with van der Waals surface area (Å²) >= 11 is 11.9. The van der Waals surface area contributed by atoms with Crippen molar-refractivity contribution in [2.24, 2.45) is 0 Å². The molecular formula is C20H19Cl2N3O3. The standard InChI is InChI=1S/C20H19Cl2N3O3/c1-11-4-6-17(7-5-11)24-13(3)19(27)25(20(24)28)12(2)18(26)23-16-9-14(21)8-15(22)10-16/h4-10,12-13H,1-3H3,(H,23,26)/t12-,13-/m1/s1. The molecule has 0 radical (unpaired) electrons. The van der Waals surface area contributed by atoms with E-state index in [0.29, 0.717) is 21.4 Å². The molecule has 1 N–H and O–H groups in total. The fourth-order valence-corrected chi connectivity index (χ4v) is 3.60. The summed E-state index contributed by atoms with van der Waals surface area (Å²) in [7, 11) is 0. The number of hydrogen-bond acceptors (Lipinski definition) is 3. The molecule has 1 saturated heterocycles. The van der Waals surface area contributed by atoms with E-state index < -0.39 is 29.9 Å². The van der Waals surface area contributed by atoms with Crippen molar-refractivity contribution in [3.63, 3.8) is 0 Å². The van der Waals surface area contributed by atoms with Gasteiger partial charge >= 0.3 is 6.03 Å². The number of rotatable bonds is 4. The fraction of sp³-hybridized carbons (Fsp3) is 0.250. The highest BCUT2D eigenvalue weighted by molar-refractivity contribution is 6.35. The highest BCUT2D eigenvalue weighted by Gasteiger charge is 2.47. The molecule has 2 aromatic rings. The van der Waals surface area contributed by atoms with E-state index in [0.717, 1.165) is 10.5 Å². The maximum Gasteiger partial charge on any atom is 0.332 e. The lowest BCUT2D eigenvalue weighted by Gasteiger charge is -2.23. The van der Waals surface area contributed by atoms with Gasteiger partial charge in [-0.05, 0) is 51.1 Å². The van der Waals surface area contributed by atoms with Crippen LogP contribution in [0.25, 0.3) is 0 Å². The lowest BCUT2D eigenvalue weighted by Crippen LogP contribution is -2.46. The smallest absolute Gasteiger partial charge is 0.324 e. The molecule has 0 unspecified atom stereocenters. The number of nitrogens with one attached hydrogen (secondary N) is 1. The number of imide groups is 1. The molecule has 0 aliphatic carbocycles. The number of carbonyl (C=O) groups excluding carboxylic acids is 3. The first kappa shape index (κ1) is 20.2. The number of carbonyl (C=O) groups is 3. The Bertz CT molecular complexity index is 926. The summed E-state index contributed by atoms with van der Waals surface area (Å²) < 4.78 is 0. The minimum absolute atomic E-state index is 0.364. The van der Waals surface area contributed by atoms with E-state index in [1.807, 2.05) is 19.1 Å². The summed E-state index contributed by atoms with van der Waals surface area (Å²) in [6.45, 7) is 5.08. The maximum absolute atomic E-state index is 12.9. The predicted molar refractivity (Wildman–Crippen MR) is 110 cm³/mol. The van der Waals surface area contributed by atoms with Gasteiger partial charge < -0.3 is 5.32 Å². The summed E-state index contributed by atoms with van der Waals surface area (Å²) in [6, 6.07) is 9.65. The molecule has 3 rings (SSSR count). The van der Waals surface area contributed by atoms with Crippen LogP contribution in [0.2, 0.25) is 10.0 Å². The molecule has 2 aromatic carbocycles. The number of anilines is 2. The average Bonchev–Trinajstić information content (AvgIpc) is 2.83. The molecule has 4 amide bonds. The molecule has 6 nitrogen and oxygen atoms in total. The zero-order valence-electron chi connectivity index (χ0n) is 15.6. The van der Waals surface area contributed by atoms with Gasteiger partial charge in [-0.1, -0.05) is 40.9 Å². The highest BCUT2D eigenvalue weighted by Crippen LogP contribution is 2.28. The van der Waals surface area contributed by atoms with E-state index in [4.69, 9.17) is 23.2 Å². The number of urea groups is 1. The topological polar surface area (TPSA) is 69.7 Å². The third kappa shape index (κ3) is 3.84. The van der Waals surface area contributed by atoms with Crippen molar-refractivity contribution >= 4 is 52.4 Å². The SMILES string of the molecule is Cc1ccc(N2C(=O)N([C@H](C)C(=O)Nc3cc(Cl)cc(Cl)c3)C(=O)[C@H]2C)cc1. The molecule has 1 aliphatic rings. The summed E-state index contributed by atoms with van der Waals surface area (Å²) in [5, 5.41) is 3.37. The maximum atomic E-state index is 12.9. The second-order valence-electron chi connectivity index (χ2n) is 6.70. The van der Waals surface area contributed by atoms with Gasteiger partial charge in [0, 0.05) is 21.4 Å². The van der Waals surface area contributed by atoms with E-state index in [1.54, 1.807) is 19.1 Å². The summed E-state index contributed by atoms with van der Waals surface area (Å²) in [5.74, 6) is -0.949. The molecular weight excluding hydrogens is 401 g/mol. The molecule has 28 heavy (non-hydrogen) atoms. The number of aryl methyl sites for hydroxylation is 1. The van der Waals surface area contributed by atoms with E-state index in [-0.39, 0.29) is 0 Å². The fourth-order valence-electron chi connectivity index (χ4n) is 3.07. The van der Waals surface area contributed by atoms with Gasteiger partial charge in [0.25, 0.3) is 5.91 Å². The largest absolute Gasteiger partial charge is 0.332 e. The van der Waals surface area contributed by atoms with Gasteiger partial charge in [-0.3, -0.25) is 14.5 Å². The van der Waals surface area contributed by atoms with Crippen molar-refractivity contribution in [1.29, 1.82) is 0 Å². The Morgan fingerprint density at radius 2 is 1.64 bits per heavy atom. The minimum Gasteiger partial charge on any atom is -0.324 e. The third-order valence-corrected chi connectivity index (χ3v) is 5.04. The van der Waals surface area contributed by atoms with Gasteiger partial charge in [-0.15, -0.1) is 0 Å². The normalized spacial score (nSPS) is 17.8. The van der Waals surface area contributed by atoms with E-state index in [1.165, 1.54) is 30.0 Å². The second-order valence-corrected chi connectivity index (χ2v) is 7.57. The zero-order valence-corrected chi connectivity index (χ0v) is 17.1. The molecule has 0 bridgehead atoms. The van der Waals surface area contributed by atoms with Crippen LogP contribution < -0.4 is 10.2 Å². The monoisotopic (exact) mass is 419 g/mol. The first-order valence-corrected chi connectivity index (χ1v) is 9.44. The van der Waals surface area contributed by atoms with Crippen molar-refractivity contribution in [1.82, 2.24) is 4.90 Å². The lowest BCUT2D eigenvalue weighted by molar-refractivity contribution is -0.133. The number of benzene rings is 2. The van der Waals surface area contributed by atoms with Crippen molar-refractivity contribution in [3.8, 4) is 0 Å². The Labute approximate surface area is 173 Å². The molecule has 146 valence electrons. The number of amides is 4. The zero-order chi connectivity index (χ0) is 20.6. The average molecular weight is 420 g/mol. The molecule has 2 atom stereocenters. The molecule has 1 heterocycles. The van der Waals surface area contributed by atoms with Crippen LogP contribution in [0.1, 0.15) is 19.4 Å². The van der Waals surface area contributed by atoms with Crippen LogP contribution in [0.3, 0.4) is 0 Å². The first-order chi connectivity index (χ1) is 13.2. The van der Waals surface area contributed by atoms with Gasteiger partial charge in [0.15, 0.2) is 0 Å². The van der Waals surface area contributed by atoms with Gasteiger partial charge in [0.1, 0.15) is 12.1 Å². The van der Waals surface area contributed by atoms with E-state index in [2.05, 4.69) is 5.32 Å². The van der Waals surface area contributed by atoms with Crippen LogP contribution in [0, 0.1) is 6.92 Å². The van der Waals surface area contributed by atoms with Crippen LogP contribution in [0.15, 0.2) is 42.5 Å². The Balaban J connectivity index is 1.81. The lowest BCUT2D eigenvalue weighted by atomic mass is 10.2. The molecule has 8 heteroatoms. The Kier molecular flexibility index (Phi) is 5.63. The van der Waals surface area contributed by atoms with Gasteiger partial charge in [-0.25, -0.2) is 9.69 Å². The van der Waals surface area contributed by atoms with Gasteiger partial charge in [0.05, 0.1) is 0 Å². The second kappa shape index (κ2) is 7.81. The van der Waals surface area contributed by atoms with Crippen molar-refractivity contribution < 1.29 is 14.4 Å². The van der Waals surface area contributed by atoms with Crippen LogP contribution in [-0.4, -0.2) is 34.8 Å². The van der Waals surface area contributed by atoms with E-state index in [9.17, 15) is 14.4 Å². The minimum atomic E-state index is -1.00. The van der Waals surface area contributed by atoms with Crippen molar-refractivity contribution in [3.05, 3.63) is 58.1 Å². The Morgan fingerprint density at radius 3 is 2.21 bits per heavy atom. The van der Waals surface area contributed by atoms with Gasteiger partial charge in [0.2, 0.25) is 5.91 Å². The van der Waals surface area contributed by atoms with Crippen LogP contribution in [-0.2, 0) is 9.59 Å². The van der Waals surface area contributed by atoms with E-state index >= 15 is 0 Å². The molecule has 1 fully saturated rings. The third-order valence-electron chi connectivity index (χ3n) is 4.60. The quantitative estimate of drug-likeness (QED) is 0.742. The number of hydrogen-bond donors (Lipinski definition) is 1. The van der Waals surface area contributed by atoms with Crippen molar-refractivity contribution in [2.45, 2.75) is 32.9 Å². The van der Waals surface area contributed by atoms with Crippen LogP contribution >= 0.6 is 23.2 Å². The molecule has 0 spiro atoms. The summed E-state index contributed by atoms with van der Waals surface area (Å²) in [6.07, 6.45) is 0. The number of halogens is 2. The Hall–Kier alpha value is -2.57. The highest BCUT2D eigenvalue weighted by atomic mass is 35.5. The first-order valence-electron chi connectivity index (χ1n) is 8.69. The predicted octanol–water partition coefficient (Wildman–Crippen LogP) is 4.49. The van der Waals surface area contributed by atoms with Gasteiger partial charge in [-0.2, -0.15) is 0 Å². The molecule has 0 aromatic heterocycles. The Morgan fingerprint density at radius 1 is 1.07 bits per heavy atom. The van der Waals surface area contributed by atoms with Crippen LogP contribution in [0.5, 0.6) is 0 Å². The summed E-state index contributed by atoms with van der Waals surface area (Å²) in [4.78, 5) is 40.7.